The first kappa shape index (κ1) is 18.0. The van der Waals surface area contributed by atoms with Gasteiger partial charge in [0, 0.05) is 23.2 Å². The van der Waals surface area contributed by atoms with Crippen molar-refractivity contribution in [2.75, 3.05) is 10.6 Å². The van der Waals surface area contributed by atoms with E-state index in [1.54, 1.807) is 12.1 Å². The number of aromatic nitrogens is 2. The molecule has 136 valence electrons. The van der Waals surface area contributed by atoms with Crippen molar-refractivity contribution in [1.82, 2.24) is 9.97 Å². The van der Waals surface area contributed by atoms with E-state index >= 15 is 0 Å². The van der Waals surface area contributed by atoms with Crippen LogP contribution in [0.3, 0.4) is 0 Å². The summed E-state index contributed by atoms with van der Waals surface area (Å²) in [7, 11) is 0. The van der Waals surface area contributed by atoms with Gasteiger partial charge in [-0.1, -0.05) is 18.6 Å². The van der Waals surface area contributed by atoms with Gasteiger partial charge in [0.25, 0.3) is 0 Å². The average Bonchev–Trinajstić information content (AvgIpc) is 2.62. The van der Waals surface area contributed by atoms with E-state index in [0.717, 1.165) is 30.7 Å². The Kier molecular flexibility index (Phi) is 5.61. The number of nitrogens with zero attached hydrogens (tertiary/aromatic N) is 2. The van der Waals surface area contributed by atoms with Crippen LogP contribution in [0.1, 0.15) is 37.1 Å². The molecule has 0 aliphatic heterocycles. The van der Waals surface area contributed by atoms with E-state index in [9.17, 15) is 9.59 Å². The zero-order valence-corrected chi connectivity index (χ0v) is 15.2. The van der Waals surface area contributed by atoms with E-state index in [2.05, 4.69) is 20.6 Å². The Morgan fingerprint density at radius 2 is 1.31 bits per heavy atom. The monoisotopic (exact) mass is 352 g/mol. The summed E-state index contributed by atoms with van der Waals surface area (Å²) in [5.41, 5.74) is 1.71. The lowest BCUT2D eigenvalue weighted by molar-refractivity contribution is -0.124. The summed E-state index contributed by atoms with van der Waals surface area (Å²) >= 11 is 0. The maximum atomic E-state index is 12.6. The lowest BCUT2D eigenvalue weighted by Gasteiger charge is -2.27. The first-order valence-electron chi connectivity index (χ1n) is 9.00. The highest BCUT2D eigenvalue weighted by Crippen LogP contribution is 2.30. The molecule has 2 aromatic rings. The Hall–Kier alpha value is -2.76. The van der Waals surface area contributed by atoms with Crippen LogP contribution in [0.4, 0.5) is 11.6 Å². The molecule has 1 saturated carbocycles. The second kappa shape index (κ2) is 8.08. The molecule has 6 heteroatoms. The maximum absolute atomic E-state index is 12.6. The Morgan fingerprint density at radius 3 is 1.73 bits per heavy atom. The Bertz CT molecular complexity index is 740. The standard InChI is InChI=1S/C20H24N4O2/c1-13-6-3-10-17(21-13)23-19(25)15-8-5-9-16(12-15)20(26)24-18-11-4-7-14(2)22-18/h3-4,6-7,10-11,15-16H,5,8-9,12H2,1-2H3,(H,21,23,25)(H,22,24,26). The van der Waals surface area contributed by atoms with Crippen LogP contribution in [0.2, 0.25) is 0 Å². The van der Waals surface area contributed by atoms with Crippen LogP contribution in [0.5, 0.6) is 0 Å². The maximum Gasteiger partial charge on any atom is 0.228 e. The first-order valence-corrected chi connectivity index (χ1v) is 9.00. The Morgan fingerprint density at radius 1 is 0.846 bits per heavy atom. The van der Waals surface area contributed by atoms with Crippen LogP contribution in [0, 0.1) is 25.7 Å². The highest BCUT2D eigenvalue weighted by atomic mass is 16.2. The summed E-state index contributed by atoms with van der Waals surface area (Å²) in [6, 6.07) is 11.1. The summed E-state index contributed by atoms with van der Waals surface area (Å²) in [6.07, 6.45) is 3.00. The molecule has 2 N–H and O–H groups in total. The van der Waals surface area contributed by atoms with Gasteiger partial charge in [-0.3, -0.25) is 9.59 Å². The van der Waals surface area contributed by atoms with E-state index in [-0.39, 0.29) is 23.7 Å². The largest absolute Gasteiger partial charge is 0.310 e. The van der Waals surface area contributed by atoms with Crippen molar-refractivity contribution < 1.29 is 9.59 Å². The molecule has 1 fully saturated rings. The summed E-state index contributed by atoms with van der Waals surface area (Å²) in [5.74, 6) is 0.652. The third-order valence-corrected chi connectivity index (χ3v) is 4.69. The molecular weight excluding hydrogens is 328 g/mol. The summed E-state index contributed by atoms with van der Waals surface area (Å²) in [5, 5.41) is 5.75. The van der Waals surface area contributed by atoms with E-state index in [0.29, 0.717) is 18.1 Å². The highest BCUT2D eigenvalue weighted by Gasteiger charge is 2.31. The minimum atomic E-state index is -0.174. The molecule has 1 aliphatic rings. The van der Waals surface area contributed by atoms with Crippen LogP contribution < -0.4 is 10.6 Å². The Labute approximate surface area is 153 Å². The molecule has 1 aliphatic carbocycles. The van der Waals surface area contributed by atoms with Crippen LogP contribution in [-0.2, 0) is 9.59 Å². The van der Waals surface area contributed by atoms with Crippen molar-refractivity contribution >= 4 is 23.5 Å². The number of anilines is 2. The van der Waals surface area contributed by atoms with Gasteiger partial charge < -0.3 is 10.6 Å². The molecule has 0 saturated heterocycles. The van der Waals surface area contributed by atoms with Gasteiger partial charge in [0.05, 0.1) is 0 Å². The minimum absolute atomic E-state index is 0.0609. The number of carbonyl (C=O) groups is 2. The van der Waals surface area contributed by atoms with Gasteiger partial charge >= 0.3 is 0 Å². The SMILES string of the molecule is Cc1cccc(NC(=O)C2CCCC(C(=O)Nc3cccc(C)n3)C2)n1. The molecule has 3 rings (SSSR count). The van der Waals surface area contributed by atoms with Crippen LogP contribution in [0.25, 0.3) is 0 Å². The number of hydrogen-bond acceptors (Lipinski definition) is 4. The lowest BCUT2D eigenvalue weighted by atomic mass is 9.80. The van der Waals surface area contributed by atoms with Crippen molar-refractivity contribution in [2.24, 2.45) is 11.8 Å². The summed E-state index contributed by atoms with van der Waals surface area (Å²) < 4.78 is 0. The molecule has 6 nitrogen and oxygen atoms in total. The number of nitrogens with one attached hydrogen (secondary N) is 2. The van der Waals surface area contributed by atoms with E-state index in [1.165, 1.54) is 0 Å². The van der Waals surface area contributed by atoms with Gasteiger partial charge in [-0.05, 0) is 57.4 Å². The predicted octanol–water partition coefficient (Wildman–Crippen LogP) is 3.48. The van der Waals surface area contributed by atoms with Gasteiger partial charge in [0.2, 0.25) is 11.8 Å². The van der Waals surface area contributed by atoms with Crippen LogP contribution in [-0.4, -0.2) is 21.8 Å². The molecular formula is C20H24N4O2. The van der Waals surface area contributed by atoms with E-state index < -0.39 is 0 Å². The minimum Gasteiger partial charge on any atom is -0.310 e. The molecule has 2 aromatic heterocycles. The second-order valence-electron chi connectivity index (χ2n) is 6.87. The van der Waals surface area contributed by atoms with Gasteiger partial charge in [-0.25, -0.2) is 9.97 Å². The molecule has 2 heterocycles. The van der Waals surface area contributed by atoms with Crippen molar-refractivity contribution in [3.63, 3.8) is 0 Å². The normalized spacial score (nSPS) is 19.6. The zero-order valence-electron chi connectivity index (χ0n) is 15.2. The fraction of sp³-hybridized carbons (Fsp3) is 0.400. The van der Waals surface area contributed by atoms with Gasteiger partial charge in [-0.15, -0.1) is 0 Å². The third-order valence-electron chi connectivity index (χ3n) is 4.69. The number of amides is 2. The molecule has 0 spiro atoms. The molecule has 2 atom stereocenters. The average molecular weight is 352 g/mol. The summed E-state index contributed by atoms with van der Waals surface area (Å²) in [6.45, 7) is 3.77. The number of hydrogen-bond donors (Lipinski definition) is 2. The lowest BCUT2D eigenvalue weighted by Crippen LogP contribution is -2.33. The molecule has 0 radical (unpaired) electrons. The number of carbonyl (C=O) groups excluding carboxylic acids is 2. The molecule has 0 aromatic carbocycles. The van der Waals surface area contributed by atoms with E-state index in [1.807, 2.05) is 38.1 Å². The Balaban J connectivity index is 1.59. The van der Waals surface area contributed by atoms with E-state index in [4.69, 9.17) is 0 Å². The second-order valence-corrected chi connectivity index (χ2v) is 6.87. The smallest absolute Gasteiger partial charge is 0.228 e. The van der Waals surface area contributed by atoms with Crippen molar-refractivity contribution in [3.05, 3.63) is 47.8 Å². The van der Waals surface area contributed by atoms with Crippen LogP contribution >= 0.6 is 0 Å². The molecule has 0 bridgehead atoms. The fourth-order valence-corrected chi connectivity index (χ4v) is 3.35. The van der Waals surface area contributed by atoms with Crippen LogP contribution in [0.15, 0.2) is 36.4 Å². The van der Waals surface area contributed by atoms with Gasteiger partial charge in [0.1, 0.15) is 11.6 Å². The van der Waals surface area contributed by atoms with Crippen molar-refractivity contribution in [1.29, 1.82) is 0 Å². The fourth-order valence-electron chi connectivity index (χ4n) is 3.35. The van der Waals surface area contributed by atoms with Crippen molar-refractivity contribution in [3.8, 4) is 0 Å². The number of aryl methyl sites for hydroxylation is 2. The number of rotatable bonds is 4. The molecule has 26 heavy (non-hydrogen) atoms. The summed E-state index contributed by atoms with van der Waals surface area (Å²) in [4.78, 5) is 33.7. The predicted molar refractivity (Wildman–Crippen MR) is 101 cm³/mol. The quantitative estimate of drug-likeness (QED) is 0.882. The first-order chi connectivity index (χ1) is 12.5. The molecule has 2 unspecified atom stereocenters. The van der Waals surface area contributed by atoms with Gasteiger partial charge in [-0.2, -0.15) is 0 Å². The topological polar surface area (TPSA) is 84.0 Å². The molecule has 2 amide bonds. The number of pyridine rings is 2. The third kappa shape index (κ3) is 4.65. The van der Waals surface area contributed by atoms with Crippen molar-refractivity contribution in [2.45, 2.75) is 39.5 Å². The highest BCUT2D eigenvalue weighted by molar-refractivity contribution is 5.94. The van der Waals surface area contributed by atoms with Gasteiger partial charge in [0.15, 0.2) is 0 Å². The zero-order chi connectivity index (χ0) is 18.5.